The fourth-order valence-corrected chi connectivity index (χ4v) is 4.90. The summed E-state index contributed by atoms with van der Waals surface area (Å²) in [5.74, 6) is -4.38. The van der Waals surface area contributed by atoms with Crippen LogP contribution in [-0.2, 0) is 14.3 Å². The van der Waals surface area contributed by atoms with E-state index in [1.165, 1.54) is 40.6 Å². The van der Waals surface area contributed by atoms with Gasteiger partial charge in [0.15, 0.2) is 0 Å². The van der Waals surface area contributed by atoms with Crippen LogP contribution in [-0.4, -0.2) is 50.0 Å². The Hall–Kier alpha value is -4.76. The first kappa shape index (κ1) is 32.2. The first-order valence-corrected chi connectivity index (χ1v) is 14.3. The number of thiocarbonyl (C=S) groups is 1. The lowest BCUT2D eigenvalue weighted by molar-refractivity contribution is -0.202. The second-order valence-electron chi connectivity index (χ2n) is 9.09. The number of carbonyl (C=O) groups is 3. The van der Waals surface area contributed by atoms with Gasteiger partial charge in [-0.15, -0.1) is 0 Å². The summed E-state index contributed by atoms with van der Waals surface area (Å²) >= 11 is 6.78. The van der Waals surface area contributed by atoms with Gasteiger partial charge < -0.3 is 20.7 Å². The molecule has 1 amide bonds. The number of pyridine rings is 3. The van der Waals surface area contributed by atoms with Crippen LogP contribution in [0.25, 0.3) is 5.52 Å². The van der Waals surface area contributed by atoms with E-state index < -0.39 is 42.0 Å². The van der Waals surface area contributed by atoms with Crippen molar-refractivity contribution in [3.63, 3.8) is 0 Å². The summed E-state index contributed by atoms with van der Waals surface area (Å²) in [5, 5.41) is 8.82. The number of carbonyl (C=O) groups excluding carboxylic acids is 3. The molecule has 0 fully saturated rings. The summed E-state index contributed by atoms with van der Waals surface area (Å²) in [6.07, 6.45) is -1.32. The van der Waals surface area contributed by atoms with Crippen molar-refractivity contribution in [2.45, 2.75) is 18.6 Å². The molecule has 3 aromatic heterocycles. The molecule has 0 aliphatic heterocycles. The number of alkyl halides is 3. The number of hydrogen-bond acceptors (Lipinski definition) is 9. The average Bonchev–Trinajstić information content (AvgIpc) is 2.99. The van der Waals surface area contributed by atoms with E-state index in [-0.39, 0.29) is 5.56 Å². The van der Waals surface area contributed by atoms with Crippen molar-refractivity contribution >= 4 is 63.0 Å². The first-order chi connectivity index (χ1) is 21.0. The number of benzene rings is 1. The fraction of sp³-hybridized carbons (Fsp3) is 0.172. The van der Waals surface area contributed by atoms with Crippen LogP contribution in [0.15, 0.2) is 90.1 Å². The van der Waals surface area contributed by atoms with Crippen LogP contribution >= 0.6 is 24.0 Å². The highest BCUT2D eigenvalue weighted by Crippen LogP contribution is 2.21. The Bertz CT molecular complexity index is 1720. The molecular weight excluding hydrogens is 619 g/mol. The monoisotopic (exact) mass is 643 g/mol. The van der Waals surface area contributed by atoms with E-state index in [2.05, 4.69) is 25.7 Å². The smallest absolute Gasteiger partial charge is 0.386 e. The Kier molecular flexibility index (Phi) is 10.7. The first-order valence-electron chi connectivity index (χ1n) is 12.9. The van der Waals surface area contributed by atoms with E-state index in [1.807, 2.05) is 6.07 Å². The van der Waals surface area contributed by atoms with Gasteiger partial charge in [-0.3, -0.25) is 23.8 Å². The molecule has 0 aliphatic rings. The van der Waals surface area contributed by atoms with Gasteiger partial charge in [-0.2, -0.15) is 13.2 Å². The molecule has 10 nitrogen and oxygen atoms in total. The number of fused-ring (bicyclic) bond motifs is 1. The van der Waals surface area contributed by atoms with E-state index in [4.69, 9.17) is 12.2 Å². The van der Waals surface area contributed by atoms with Gasteiger partial charge >= 0.3 is 18.1 Å². The van der Waals surface area contributed by atoms with Gasteiger partial charge in [-0.05, 0) is 42.0 Å². The molecule has 3 N–H and O–H groups in total. The lowest BCUT2D eigenvalue weighted by Gasteiger charge is -2.18. The van der Waals surface area contributed by atoms with Crippen molar-refractivity contribution in [2.75, 3.05) is 22.9 Å². The zero-order valence-corrected chi connectivity index (χ0v) is 24.3. The van der Waals surface area contributed by atoms with Crippen molar-refractivity contribution in [2.24, 2.45) is 0 Å². The van der Waals surface area contributed by atoms with E-state index in [9.17, 15) is 32.3 Å². The molecule has 0 saturated carbocycles. The summed E-state index contributed by atoms with van der Waals surface area (Å²) in [6, 6.07) is 16.6. The van der Waals surface area contributed by atoms with Crippen molar-refractivity contribution in [3.05, 3.63) is 107 Å². The SMILES string of the molecule is O=C(CC(NC(=O)c1ccc2cc(NCCSC(=S)Nc3cccnc3)ccn2c1=O)c1ccccc1)OC(=O)C(F)(F)F. The number of halogens is 3. The Morgan fingerprint density at radius 2 is 1.80 bits per heavy atom. The van der Waals surface area contributed by atoms with E-state index in [0.717, 1.165) is 11.4 Å². The summed E-state index contributed by atoms with van der Waals surface area (Å²) in [4.78, 5) is 53.5. The molecule has 228 valence electrons. The lowest BCUT2D eigenvalue weighted by atomic mass is 10.0. The van der Waals surface area contributed by atoms with Crippen LogP contribution in [0.4, 0.5) is 24.5 Å². The van der Waals surface area contributed by atoms with Crippen LogP contribution in [0.2, 0.25) is 0 Å². The third-order valence-corrected chi connectivity index (χ3v) is 7.22. The molecule has 4 rings (SSSR count). The third-order valence-electron chi connectivity index (χ3n) is 5.99. The average molecular weight is 644 g/mol. The molecule has 1 aromatic carbocycles. The number of amides is 1. The number of anilines is 2. The number of nitrogens with zero attached hydrogens (tertiary/aromatic N) is 2. The third kappa shape index (κ3) is 8.87. The highest BCUT2D eigenvalue weighted by atomic mass is 32.2. The second kappa shape index (κ2) is 14.6. The molecule has 15 heteroatoms. The zero-order chi connectivity index (χ0) is 31.7. The van der Waals surface area contributed by atoms with Gasteiger partial charge in [0.05, 0.1) is 29.9 Å². The number of hydrogen-bond donors (Lipinski definition) is 3. The van der Waals surface area contributed by atoms with Crippen LogP contribution in [0, 0.1) is 0 Å². The Morgan fingerprint density at radius 1 is 1.02 bits per heavy atom. The minimum Gasteiger partial charge on any atom is -0.386 e. The number of ether oxygens (including phenoxy) is 1. The van der Waals surface area contributed by atoms with Gasteiger partial charge in [-0.1, -0.05) is 54.3 Å². The lowest BCUT2D eigenvalue weighted by Crippen LogP contribution is -2.36. The molecule has 1 atom stereocenters. The highest BCUT2D eigenvalue weighted by molar-refractivity contribution is 8.23. The van der Waals surface area contributed by atoms with Gasteiger partial charge in [0.2, 0.25) is 0 Å². The Morgan fingerprint density at radius 3 is 2.50 bits per heavy atom. The van der Waals surface area contributed by atoms with Gasteiger partial charge in [0, 0.05) is 30.4 Å². The van der Waals surface area contributed by atoms with Crippen LogP contribution in [0.1, 0.15) is 28.4 Å². The van der Waals surface area contributed by atoms with Gasteiger partial charge in [-0.25, -0.2) is 4.79 Å². The van der Waals surface area contributed by atoms with Gasteiger partial charge in [0.1, 0.15) is 9.88 Å². The van der Waals surface area contributed by atoms with E-state index >= 15 is 0 Å². The van der Waals surface area contributed by atoms with Crippen LogP contribution in [0.5, 0.6) is 0 Å². The van der Waals surface area contributed by atoms with Crippen molar-refractivity contribution in [1.29, 1.82) is 0 Å². The Labute approximate surface area is 258 Å². The van der Waals surface area contributed by atoms with Crippen LogP contribution < -0.4 is 21.5 Å². The molecule has 1 unspecified atom stereocenters. The van der Waals surface area contributed by atoms with Crippen molar-refractivity contribution < 1.29 is 32.3 Å². The molecule has 4 aromatic rings. The summed E-state index contributed by atoms with van der Waals surface area (Å²) in [5.41, 5.74) is 1.43. The molecular formula is C29H24F3N5O5S2. The quantitative estimate of drug-likeness (QED) is 0.0965. The maximum absolute atomic E-state index is 13.2. The topological polar surface area (TPSA) is 131 Å². The number of esters is 2. The molecule has 0 bridgehead atoms. The largest absolute Gasteiger partial charge is 0.491 e. The molecule has 0 radical (unpaired) electrons. The molecule has 44 heavy (non-hydrogen) atoms. The standard InChI is InChI=1S/C29H24F3N5O5S2/c30-29(31,32)27(41)42-24(38)16-23(18-5-2-1-3-6-18)36-25(39)22-9-8-21-15-19(10-13-37(21)26(22)40)34-12-14-44-28(43)35-20-7-4-11-33-17-20/h1-11,13,15,17,23,34H,12,14,16H2,(H,35,43)(H,36,39). The van der Waals surface area contributed by atoms with E-state index in [0.29, 0.717) is 27.7 Å². The number of thioether (sulfide) groups is 1. The summed E-state index contributed by atoms with van der Waals surface area (Å²) < 4.78 is 43.3. The Balaban J connectivity index is 1.40. The molecule has 0 aliphatic carbocycles. The van der Waals surface area contributed by atoms with E-state index in [1.54, 1.807) is 54.9 Å². The number of rotatable bonds is 10. The zero-order valence-electron chi connectivity index (χ0n) is 22.7. The van der Waals surface area contributed by atoms with Crippen molar-refractivity contribution in [3.8, 4) is 0 Å². The maximum atomic E-state index is 13.2. The predicted octanol–water partition coefficient (Wildman–Crippen LogP) is 4.73. The number of nitrogens with one attached hydrogen (secondary N) is 3. The normalized spacial score (nSPS) is 11.8. The molecule has 0 saturated heterocycles. The summed E-state index contributed by atoms with van der Waals surface area (Å²) in [7, 11) is 0. The number of aromatic nitrogens is 2. The fourth-order valence-electron chi connectivity index (χ4n) is 3.96. The molecule has 0 spiro atoms. The highest BCUT2D eigenvalue weighted by Gasteiger charge is 2.42. The second-order valence-corrected chi connectivity index (χ2v) is 10.9. The predicted molar refractivity (Wildman–Crippen MR) is 163 cm³/mol. The summed E-state index contributed by atoms with van der Waals surface area (Å²) in [6.45, 7) is 0.568. The van der Waals surface area contributed by atoms with Gasteiger partial charge in [0.25, 0.3) is 11.5 Å². The minimum atomic E-state index is -5.36. The maximum Gasteiger partial charge on any atom is 0.491 e. The van der Waals surface area contributed by atoms with Crippen molar-refractivity contribution in [1.82, 2.24) is 14.7 Å². The van der Waals surface area contributed by atoms with Crippen LogP contribution in [0.3, 0.4) is 0 Å². The minimum absolute atomic E-state index is 0.269. The molecule has 3 heterocycles.